The summed E-state index contributed by atoms with van der Waals surface area (Å²) in [6.45, 7) is 2.08. The van der Waals surface area contributed by atoms with Crippen molar-refractivity contribution in [2.45, 2.75) is 0 Å². The molecule has 2 rings (SSSR count). The van der Waals surface area contributed by atoms with Crippen molar-refractivity contribution < 1.29 is 17.9 Å². The first-order chi connectivity index (χ1) is 11.0. The van der Waals surface area contributed by atoms with Crippen LogP contribution in [0.3, 0.4) is 0 Å². The van der Waals surface area contributed by atoms with Crippen LogP contribution in [-0.2, 0) is 10.2 Å². The Kier molecular flexibility index (Phi) is 6.20. The summed E-state index contributed by atoms with van der Waals surface area (Å²) in [5, 5.41) is 2.77. The first kappa shape index (κ1) is 17.5. The summed E-state index contributed by atoms with van der Waals surface area (Å²) in [7, 11) is -2.04. The Morgan fingerprint density at radius 2 is 1.83 bits per heavy atom. The summed E-state index contributed by atoms with van der Waals surface area (Å²) in [5.41, 5.74) is 0. The zero-order chi connectivity index (χ0) is 16.7. The van der Waals surface area contributed by atoms with E-state index in [4.69, 9.17) is 4.74 Å². The molecule has 128 valence electrons. The van der Waals surface area contributed by atoms with Crippen LogP contribution in [0.2, 0.25) is 0 Å². The van der Waals surface area contributed by atoms with Crippen molar-refractivity contribution in [2.24, 2.45) is 0 Å². The average Bonchev–Trinajstić information content (AvgIpc) is 2.59. The van der Waals surface area contributed by atoms with Crippen LogP contribution in [0.25, 0.3) is 0 Å². The molecule has 1 aliphatic heterocycles. The fourth-order valence-corrected chi connectivity index (χ4v) is 3.12. The van der Waals surface area contributed by atoms with E-state index in [9.17, 15) is 13.2 Å². The number of benzene rings is 1. The van der Waals surface area contributed by atoms with Gasteiger partial charge in [-0.1, -0.05) is 18.2 Å². The number of para-hydroxylation sites is 1. The van der Waals surface area contributed by atoms with Crippen molar-refractivity contribution >= 4 is 16.2 Å². The van der Waals surface area contributed by atoms with E-state index < -0.39 is 10.2 Å². The largest absolute Gasteiger partial charge is 0.492 e. The van der Waals surface area contributed by atoms with E-state index in [1.54, 1.807) is 4.90 Å². The molecule has 0 aromatic heterocycles. The minimum atomic E-state index is -3.42. The van der Waals surface area contributed by atoms with E-state index >= 15 is 0 Å². The Bertz CT molecular complexity index is 600. The molecule has 1 aromatic carbocycles. The molecule has 1 heterocycles. The third-order valence-electron chi connectivity index (χ3n) is 3.51. The molecule has 0 atom stereocenters. The van der Waals surface area contributed by atoms with Gasteiger partial charge in [0.15, 0.2) is 0 Å². The molecular formula is C14H22N4O4S. The summed E-state index contributed by atoms with van der Waals surface area (Å²) >= 11 is 0. The van der Waals surface area contributed by atoms with E-state index in [2.05, 4.69) is 10.0 Å². The second-order valence-corrected chi connectivity index (χ2v) is 6.86. The van der Waals surface area contributed by atoms with Gasteiger partial charge in [-0.2, -0.15) is 12.7 Å². The zero-order valence-electron chi connectivity index (χ0n) is 13.1. The molecule has 0 aliphatic carbocycles. The Morgan fingerprint density at radius 3 is 2.43 bits per heavy atom. The molecule has 0 radical (unpaired) electrons. The van der Waals surface area contributed by atoms with Gasteiger partial charge in [0.2, 0.25) is 0 Å². The quantitative estimate of drug-likeness (QED) is 0.704. The highest BCUT2D eigenvalue weighted by atomic mass is 32.2. The van der Waals surface area contributed by atoms with Gasteiger partial charge >= 0.3 is 6.03 Å². The second-order valence-electron chi connectivity index (χ2n) is 4.99. The Morgan fingerprint density at radius 1 is 1.17 bits per heavy atom. The number of piperazine rings is 1. The number of hydrogen-bond donors (Lipinski definition) is 2. The Hall–Kier alpha value is -1.84. The molecule has 0 bridgehead atoms. The number of rotatable bonds is 6. The molecule has 8 nitrogen and oxygen atoms in total. The van der Waals surface area contributed by atoms with Crippen LogP contribution in [0.5, 0.6) is 5.75 Å². The van der Waals surface area contributed by atoms with Crippen LogP contribution in [0.4, 0.5) is 4.79 Å². The molecule has 0 unspecified atom stereocenters. The highest BCUT2D eigenvalue weighted by Crippen LogP contribution is 2.08. The van der Waals surface area contributed by atoms with Crippen LogP contribution < -0.4 is 14.8 Å². The van der Waals surface area contributed by atoms with Crippen LogP contribution in [0, 0.1) is 0 Å². The molecule has 1 aliphatic rings. The first-order valence-corrected chi connectivity index (χ1v) is 8.86. The van der Waals surface area contributed by atoms with Gasteiger partial charge in [0.1, 0.15) is 12.4 Å². The fraction of sp³-hybridized carbons (Fsp3) is 0.500. The topological polar surface area (TPSA) is 91.0 Å². The molecule has 23 heavy (non-hydrogen) atoms. The standard InChI is InChI=1S/C14H22N4O4S/c1-15-23(20,21)18-10-8-17(9-11-18)14(19)16-7-12-22-13-5-3-2-4-6-13/h2-6,15H,7-12H2,1H3,(H,16,19). The van der Waals surface area contributed by atoms with Gasteiger partial charge in [0.25, 0.3) is 10.2 Å². The van der Waals surface area contributed by atoms with Crippen molar-refractivity contribution in [1.29, 1.82) is 0 Å². The molecule has 9 heteroatoms. The van der Waals surface area contributed by atoms with Gasteiger partial charge in [-0.05, 0) is 12.1 Å². The molecule has 1 fully saturated rings. The summed E-state index contributed by atoms with van der Waals surface area (Å²) in [6.07, 6.45) is 0. The summed E-state index contributed by atoms with van der Waals surface area (Å²) in [6, 6.07) is 9.16. The number of hydrogen-bond acceptors (Lipinski definition) is 4. The van der Waals surface area contributed by atoms with Crippen LogP contribution >= 0.6 is 0 Å². The lowest BCUT2D eigenvalue weighted by Gasteiger charge is -2.33. The number of nitrogens with zero attached hydrogens (tertiary/aromatic N) is 2. The van der Waals surface area contributed by atoms with Crippen molar-refractivity contribution in [2.75, 3.05) is 46.4 Å². The lowest BCUT2D eigenvalue weighted by atomic mass is 10.3. The van der Waals surface area contributed by atoms with Gasteiger partial charge in [-0.15, -0.1) is 0 Å². The Balaban J connectivity index is 1.67. The monoisotopic (exact) mass is 342 g/mol. The van der Waals surface area contributed by atoms with E-state index in [1.165, 1.54) is 11.4 Å². The lowest BCUT2D eigenvalue weighted by Crippen LogP contribution is -2.55. The second kappa shape index (κ2) is 8.14. The normalized spacial score (nSPS) is 16.1. The minimum absolute atomic E-state index is 0.205. The molecule has 2 amide bonds. The third kappa shape index (κ3) is 5.08. The minimum Gasteiger partial charge on any atom is -0.492 e. The molecule has 0 saturated carbocycles. The smallest absolute Gasteiger partial charge is 0.317 e. The predicted octanol–water partition coefficient (Wildman–Crippen LogP) is -0.143. The molecule has 0 spiro atoms. The molecule has 2 N–H and O–H groups in total. The number of urea groups is 1. The van der Waals surface area contributed by atoms with E-state index in [1.807, 2.05) is 30.3 Å². The van der Waals surface area contributed by atoms with E-state index in [0.29, 0.717) is 26.2 Å². The van der Waals surface area contributed by atoms with Gasteiger partial charge in [-0.25, -0.2) is 9.52 Å². The number of ether oxygens (including phenoxy) is 1. The van der Waals surface area contributed by atoms with Crippen molar-refractivity contribution in [1.82, 2.24) is 19.2 Å². The average molecular weight is 342 g/mol. The summed E-state index contributed by atoms with van der Waals surface area (Å²) < 4.78 is 32.4. The van der Waals surface area contributed by atoms with Crippen LogP contribution in [-0.4, -0.2) is 70.0 Å². The summed E-state index contributed by atoms with van der Waals surface area (Å²) in [4.78, 5) is 13.6. The maximum absolute atomic E-state index is 12.0. The summed E-state index contributed by atoms with van der Waals surface area (Å²) in [5.74, 6) is 0.757. The molecule has 1 saturated heterocycles. The van der Waals surface area contributed by atoms with Gasteiger partial charge < -0.3 is 15.0 Å². The van der Waals surface area contributed by atoms with Crippen molar-refractivity contribution in [3.63, 3.8) is 0 Å². The van der Waals surface area contributed by atoms with Gasteiger partial charge in [0.05, 0.1) is 6.54 Å². The van der Waals surface area contributed by atoms with Crippen molar-refractivity contribution in [3.8, 4) is 5.75 Å². The number of carbonyl (C=O) groups excluding carboxylic acids is 1. The number of carbonyl (C=O) groups is 1. The first-order valence-electron chi connectivity index (χ1n) is 7.42. The highest BCUT2D eigenvalue weighted by Gasteiger charge is 2.27. The highest BCUT2D eigenvalue weighted by molar-refractivity contribution is 7.87. The van der Waals surface area contributed by atoms with Crippen LogP contribution in [0.1, 0.15) is 0 Å². The van der Waals surface area contributed by atoms with E-state index in [-0.39, 0.29) is 19.1 Å². The maximum atomic E-state index is 12.0. The van der Waals surface area contributed by atoms with Gasteiger partial charge in [0, 0.05) is 33.2 Å². The zero-order valence-corrected chi connectivity index (χ0v) is 13.9. The van der Waals surface area contributed by atoms with Crippen LogP contribution in [0.15, 0.2) is 30.3 Å². The molecule has 1 aromatic rings. The lowest BCUT2D eigenvalue weighted by molar-refractivity contribution is 0.170. The number of nitrogens with one attached hydrogen (secondary N) is 2. The molecular weight excluding hydrogens is 320 g/mol. The van der Waals surface area contributed by atoms with Gasteiger partial charge in [-0.3, -0.25) is 0 Å². The van der Waals surface area contributed by atoms with Crippen molar-refractivity contribution in [3.05, 3.63) is 30.3 Å². The predicted molar refractivity (Wildman–Crippen MR) is 86.5 cm³/mol. The third-order valence-corrected chi connectivity index (χ3v) is 5.07. The Labute approximate surface area is 136 Å². The fourth-order valence-electron chi connectivity index (χ4n) is 2.22. The van der Waals surface area contributed by atoms with E-state index in [0.717, 1.165) is 5.75 Å². The SMILES string of the molecule is CNS(=O)(=O)N1CCN(C(=O)NCCOc2ccccc2)CC1. The maximum Gasteiger partial charge on any atom is 0.317 e. The number of amides is 2.